The Balaban J connectivity index is 1.69. The fraction of sp³-hybridized carbons (Fsp3) is 0.174. The van der Waals surface area contributed by atoms with Crippen molar-refractivity contribution in [3.63, 3.8) is 0 Å². The number of carbonyl (C=O) groups is 1. The molecule has 0 fully saturated rings. The van der Waals surface area contributed by atoms with Crippen LogP contribution in [-0.4, -0.2) is 34.0 Å². The van der Waals surface area contributed by atoms with Gasteiger partial charge in [0, 0.05) is 3.57 Å². The quantitative estimate of drug-likeness (QED) is 0.323. The molecule has 6 nitrogen and oxygen atoms in total. The van der Waals surface area contributed by atoms with E-state index in [1.165, 1.54) is 12.1 Å². The molecule has 0 bridgehead atoms. The van der Waals surface area contributed by atoms with Crippen LogP contribution in [0, 0.1) is 10.5 Å². The first kappa shape index (κ1) is 23.1. The predicted octanol–water partition coefficient (Wildman–Crippen LogP) is 3.99. The molecule has 0 heterocycles. The first-order valence-electron chi connectivity index (χ1n) is 9.66. The molecule has 0 spiro atoms. The molecule has 0 saturated carbocycles. The number of hydrogen-bond acceptors (Lipinski definition) is 4. The van der Waals surface area contributed by atoms with E-state index in [1.807, 2.05) is 31.2 Å². The second-order valence-corrected chi connectivity index (χ2v) is 9.87. The molecular formula is C23H23IN2O4S. The van der Waals surface area contributed by atoms with Gasteiger partial charge in [0.25, 0.3) is 10.0 Å². The molecule has 0 unspecified atom stereocenters. The Labute approximate surface area is 196 Å². The zero-order valence-electron chi connectivity index (χ0n) is 17.0. The maximum absolute atomic E-state index is 13.2. The molecule has 3 aromatic carbocycles. The fourth-order valence-corrected chi connectivity index (χ4v) is 4.70. The lowest BCUT2D eigenvalue weighted by molar-refractivity contribution is -0.119. The molecule has 162 valence electrons. The van der Waals surface area contributed by atoms with Crippen LogP contribution in [0.25, 0.3) is 0 Å². The SMILES string of the molecule is Cc1ccccc1OCCNC(=O)CN(c1ccc(I)cc1)S(=O)(=O)c1ccccc1. The third kappa shape index (κ3) is 6.20. The van der Waals surface area contributed by atoms with E-state index >= 15 is 0 Å². The van der Waals surface area contributed by atoms with Crippen LogP contribution in [0.1, 0.15) is 5.56 Å². The van der Waals surface area contributed by atoms with Gasteiger partial charge in [-0.25, -0.2) is 8.42 Å². The number of benzene rings is 3. The number of para-hydroxylation sites is 1. The van der Waals surface area contributed by atoms with Crippen molar-refractivity contribution in [3.05, 3.63) is 88.0 Å². The lowest BCUT2D eigenvalue weighted by Gasteiger charge is -2.24. The summed E-state index contributed by atoms with van der Waals surface area (Å²) in [4.78, 5) is 12.7. The average Bonchev–Trinajstić information content (AvgIpc) is 2.77. The monoisotopic (exact) mass is 550 g/mol. The minimum Gasteiger partial charge on any atom is -0.491 e. The third-order valence-electron chi connectivity index (χ3n) is 4.51. The maximum Gasteiger partial charge on any atom is 0.264 e. The van der Waals surface area contributed by atoms with Crippen molar-refractivity contribution in [2.24, 2.45) is 0 Å². The summed E-state index contributed by atoms with van der Waals surface area (Å²) in [5, 5.41) is 2.74. The molecule has 1 N–H and O–H groups in total. The van der Waals surface area contributed by atoms with Gasteiger partial charge in [0.05, 0.1) is 17.1 Å². The molecule has 1 amide bonds. The van der Waals surface area contributed by atoms with E-state index in [0.29, 0.717) is 5.69 Å². The van der Waals surface area contributed by atoms with Crippen molar-refractivity contribution in [2.75, 3.05) is 24.0 Å². The molecule has 3 rings (SSSR count). The van der Waals surface area contributed by atoms with E-state index in [1.54, 1.807) is 42.5 Å². The van der Waals surface area contributed by atoms with Crippen molar-refractivity contribution in [2.45, 2.75) is 11.8 Å². The van der Waals surface area contributed by atoms with Gasteiger partial charge in [-0.1, -0.05) is 36.4 Å². The highest BCUT2D eigenvalue weighted by atomic mass is 127. The van der Waals surface area contributed by atoms with E-state index in [-0.39, 0.29) is 24.6 Å². The van der Waals surface area contributed by atoms with Crippen LogP contribution in [0.2, 0.25) is 0 Å². The summed E-state index contributed by atoms with van der Waals surface area (Å²) in [6, 6.07) is 22.7. The molecule has 0 aliphatic carbocycles. The van der Waals surface area contributed by atoms with Crippen molar-refractivity contribution in [3.8, 4) is 5.75 Å². The number of ether oxygens (including phenoxy) is 1. The standard InChI is InChI=1S/C23H23IN2O4S/c1-18-7-5-6-10-22(18)30-16-15-25-23(27)17-26(20-13-11-19(24)12-14-20)31(28,29)21-8-3-2-4-9-21/h2-14H,15-17H2,1H3,(H,25,27). The van der Waals surface area contributed by atoms with Crippen LogP contribution >= 0.6 is 22.6 Å². The molecule has 0 aromatic heterocycles. The van der Waals surface area contributed by atoms with Crippen molar-refractivity contribution >= 4 is 44.2 Å². The number of halogens is 1. The number of amides is 1. The Morgan fingerprint density at radius 1 is 0.968 bits per heavy atom. The van der Waals surface area contributed by atoms with E-state index < -0.39 is 15.9 Å². The Kier molecular flexibility index (Phi) is 7.91. The summed E-state index contributed by atoms with van der Waals surface area (Å²) in [6.07, 6.45) is 0. The summed E-state index contributed by atoms with van der Waals surface area (Å²) in [5.74, 6) is 0.343. The van der Waals surface area contributed by atoms with Crippen LogP contribution in [0.4, 0.5) is 5.69 Å². The van der Waals surface area contributed by atoms with Crippen molar-refractivity contribution < 1.29 is 17.9 Å². The predicted molar refractivity (Wildman–Crippen MR) is 130 cm³/mol. The van der Waals surface area contributed by atoms with Gasteiger partial charge < -0.3 is 10.1 Å². The number of anilines is 1. The molecule has 8 heteroatoms. The molecule has 0 saturated heterocycles. The van der Waals surface area contributed by atoms with Gasteiger partial charge in [-0.2, -0.15) is 0 Å². The summed E-state index contributed by atoms with van der Waals surface area (Å²) in [7, 11) is -3.90. The fourth-order valence-electron chi connectivity index (χ4n) is 2.90. The average molecular weight is 550 g/mol. The Morgan fingerprint density at radius 3 is 2.29 bits per heavy atom. The smallest absolute Gasteiger partial charge is 0.264 e. The highest BCUT2D eigenvalue weighted by molar-refractivity contribution is 14.1. The van der Waals surface area contributed by atoms with Crippen molar-refractivity contribution in [1.29, 1.82) is 0 Å². The first-order valence-corrected chi connectivity index (χ1v) is 12.2. The maximum atomic E-state index is 13.2. The molecular weight excluding hydrogens is 527 g/mol. The largest absolute Gasteiger partial charge is 0.491 e. The van der Waals surface area contributed by atoms with Crippen LogP contribution in [0.3, 0.4) is 0 Å². The first-order chi connectivity index (χ1) is 14.9. The van der Waals surface area contributed by atoms with Crippen LogP contribution in [0.15, 0.2) is 83.8 Å². The zero-order chi connectivity index (χ0) is 22.3. The molecule has 0 radical (unpaired) electrons. The van der Waals surface area contributed by atoms with Gasteiger partial charge in [-0.15, -0.1) is 0 Å². The van der Waals surface area contributed by atoms with Gasteiger partial charge in [0.15, 0.2) is 0 Å². The topological polar surface area (TPSA) is 75.7 Å². The molecule has 0 aliphatic rings. The number of aryl methyl sites for hydroxylation is 1. The Morgan fingerprint density at radius 2 is 1.61 bits per heavy atom. The van der Waals surface area contributed by atoms with Crippen molar-refractivity contribution in [1.82, 2.24) is 5.32 Å². The van der Waals surface area contributed by atoms with E-state index in [9.17, 15) is 13.2 Å². The van der Waals surface area contributed by atoms with E-state index in [0.717, 1.165) is 19.2 Å². The van der Waals surface area contributed by atoms with Gasteiger partial charge in [-0.3, -0.25) is 9.10 Å². The van der Waals surface area contributed by atoms with Crippen LogP contribution in [0.5, 0.6) is 5.75 Å². The Hall–Kier alpha value is -2.59. The second-order valence-electron chi connectivity index (χ2n) is 6.77. The highest BCUT2D eigenvalue weighted by Crippen LogP contribution is 2.24. The summed E-state index contributed by atoms with van der Waals surface area (Å²) < 4.78 is 34.2. The number of sulfonamides is 1. The molecule has 3 aromatic rings. The lowest BCUT2D eigenvalue weighted by Crippen LogP contribution is -2.41. The zero-order valence-corrected chi connectivity index (χ0v) is 20.0. The number of carbonyl (C=O) groups excluding carboxylic acids is 1. The van der Waals surface area contributed by atoms with E-state index in [2.05, 4.69) is 27.9 Å². The van der Waals surface area contributed by atoms with Gasteiger partial charge in [0.2, 0.25) is 5.91 Å². The number of nitrogens with zero attached hydrogens (tertiary/aromatic N) is 1. The summed E-state index contributed by atoms with van der Waals surface area (Å²) in [6.45, 7) is 2.16. The normalized spacial score (nSPS) is 11.0. The van der Waals surface area contributed by atoms with Gasteiger partial charge >= 0.3 is 0 Å². The summed E-state index contributed by atoms with van der Waals surface area (Å²) >= 11 is 2.15. The molecule has 0 atom stereocenters. The van der Waals surface area contributed by atoms with Crippen LogP contribution in [-0.2, 0) is 14.8 Å². The highest BCUT2D eigenvalue weighted by Gasteiger charge is 2.27. The number of nitrogens with one attached hydrogen (secondary N) is 1. The molecule has 0 aliphatic heterocycles. The second kappa shape index (κ2) is 10.6. The number of rotatable bonds is 9. The number of hydrogen-bond donors (Lipinski definition) is 1. The minimum atomic E-state index is -3.90. The Bertz CT molecular complexity index is 1120. The molecule has 31 heavy (non-hydrogen) atoms. The van der Waals surface area contributed by atoms with Gasteiger partial charge in [-0.05, 0) is 77.5 Å². The third-order valence-corrected chi connectivity index (χ3v) is 7.02. The minimum absolute atomic E-state index is 0.129. The summed E-state index contributed by atoms with van der Waals surface area (Å²) in [5.41, 5.74) is 1.43. The van der Waals surface area contributed by atoms with Crippen LogP contribution < -0.4 is 14.4 Å². The lowest BCUT2D eigenvalue weighted by atomic mass is 10.2. The van der Waals surface area contributed by atoms with Gasteiger partial charge in [0.1, 0.15) is 18.9 Å². The van der Waals surface area contributed by atoms with E-state index in [4.69, 9.17) is 4.74 Å².